The van der Waals surface area contributed by atoms with E-state index >= 15 is 0 Å². The molecule has 1 saturated heterocycles. The van der Waals surface area contributed by atoms with Crippen LogP contribution in [0.5, 0.6) is 0 Å². The maximum Gasteiger partial charge on any atom is 0.352 e. The summed E-state index contributed by atoms with van der Waals surface area (Å²) in [6.07, 6.45) is 0. The van der Waals surface area contributed by atoms with Crippen LogP contribution in [-0.2, 0) is 34.3 Å². The van der Waals surface area contributed by atoms with Gasteiger partial charge in [-0.3, -0.25) is 19.3 Å². The summed E-state index contributed by atoms with van der Waals surface area (Å²) in [5, 5.41) is 21.6. The summed E-state index contributed by atoms with van der Waals surface area (Å²) in [6.45, 7) is 0.968. The van der Waals surface area contributed by atoms with Crippen molar-refractivity contribution in [3.63, 3.8) is 0 Å². The van der Waals surface area contributed by atoms with Crippen molar-refractivity contribution >= 4 is 57.7 Å². The number of ether oxygens (including phenoxy) is 1. The van der Waals surface area contributed by atoms with Crippen molar-refractivity contribution in [2.24, 2.45) is 5.16 Å². The largest absolute Gasteiger partial charge is 0.477 e. The van der Waals surface area contributed by atoms with Crippen LogP contribution in [0.2, 0.25) is 0 Å². The van der Waals surface area contributed by atoms with Crippen LogP contribution in [0.4, 0.5) is 5.13 Å². The van der Waals surface area contributed by atoms with Gasteiger partial charge in [0, 0.05) is 23.6 Å². The monoisotopic (exact) mass is 697 g/mol. The summed E-state index contributed by atoms with van der Waals surface area (Å²) in [7, 11) is 1.30. The molecule has 0 aliphatic carbocycles. The number of oxime groups is 1. The highest BCUT2D eigenvalue weighted by Gasteiger charge is 2.54. The first kappa shape index (κ1) is 33.4. The van der Waals surface area contributed by atoms with Gasteiger partial charge in [0.25, 0.3) is 11.8 Å². The number of fused-ring (bicyclic) bond motifs is 1. The topological polar surface area (TPSA) is 160 Å². The number of β-lactam (4-membered cyclic amide) rings is 1. The van der Waals surface area contributed by atoms with Gasteiger partial charge >= 0.3 is 11.9 Å². The number of anilines is 1. The highest BCUT2D eigenvalue weighted by Crippen LogP contribution is 2.42. The Morgan fingerprint density at radius 1 is 0.980 bits per heavy atom. The Balaban J connectivity index is 1.27. The number of thioether (sulfide) groups is 1. The molecule has 1 aromatic heterocycles. The van der Waals surface area contributed by atoms with Crippen molar-refractivity contribution in [2.75, 3.05) is 24.8 Å². The first-order chi connectivity index (χ1) is 23.7. The summed E-state index contributed by atoms with van der Waals surface area (Å²) in [4.78, 5) is 61.1. The highest BCUT2D eigenvalue weighted by molar-refractivity contribution is 8.00. The molecule has 2 aliphatic rings. The Bertz CT molecular complexity index is 1840. The fourth-order valence-corrected chi connectivity index (χ4v) is 7.95. The summed E-state index contributed by atoms with van der Waals surface area (Å²) < 4.78 is 4.99. The van der Waals surface area contributed by atoms with E-state index in [1.54, 1.807) is 5.38 Å². The van der Waals surface area contributed by atoms with Crippen LogP contribution in [-0.4, -0.2) is 75.3 Å². The molecule has 3 aromatic carbocycles. The fourth-order valence-electron chi connectivity index (χ4n) is 5.87. The van der Waals surface area contributed by atoms with Crippen LogP contribution >= 0.6 is 23.1 Å². The molecule has 1 fully saturated rings. The van der Waals surface area contributed by atoms with Gasteiger partial charge in [-0.05, 0) is 16.7 Å². The average molecular weight is 698 g/mol. The zero-order chi connectivity index (χ0) is 34.5. The van der Waals surface area contributed by atoms with Crippen molar-refractivity contribution in [3.8, 4) is 0 Å². The lowest BCUT2D eigenvalue weighted by Gasteiger charge is -2.49. The molecule has 3 heterocycles. The van der Waals surface area contributed by atoms with Gasteiger partial charge in [0.05, 0.1) is 0 Å². The number of hydrogen-bond acceptors (Lipinski definition) is 11. The van der Waals surface area contributed by atoms with Gasteiger partial charge in [0.2, 0.25) is 0 Å². The Morgan fingerprint density at radius 3 is 2.06 bits per heavy atom. The van der Waals surface area contributed by atoms with Crippen molar-refractivity contribution in [3.05, 3.63) is 130 Å². The zero-order valence-corrected chi connectivity index (χ0v) is 28.0. The van der Waals surface area contributed by atoms with E-state index in [1.807, 2.05) is 91.0 Å². The molecule has 0 spiro atoms. The number of benzene rings is 3. The SMILES string of the molecule is CO/N=C(/C(=O)N[C@@H]1C(=O)N2C(C(=O)O)=C(COC(C)=O)CS[C@H]12)c1csc(NC(c2ccccc2)(c2ccccc2)c2ccccc2)n1. The van der Waals surface area contributed by atoms with Gasteiger partial charge in [-0.1, -0.05) is 96.2 Å². The van der Waals surface area contributed by atoms with Crippen molar-refractivity contribution in [1.29, 1.82) is 0 Å². The van der Waals surface area contributed by atoms with Gasteiger partial charge in [0.15, 0.2) is 10.8 Å². The third-order valence-electron chi connectivity index (χ3n) is 8.05. The summed E-state index contributed by atoms with van der Waals surface area (Å²) in [5.41, 5.74) is 2.15. The molecule has 0 unspecified atom stereocenters. The smallest absolute Gasteiger partial charge is 0.352 e. The van der Waals surface area contributed by atoms with Crippen molar-refractivity contribution in [1.82, 2.24) is 15.2 Å². The number of thiazole rings is 1. The van der Waals surface area contributed by atoms with Crippen LogP contribution in [0, 0.1) is 0 Å². The lowest BCUT2D eigenvalue weighted by molar-refractivity contribution is -0.150. The van der Waals surface area contributed by atoms with E-state index < -0.39 is 40.7 Å². The number of hydrogen-bond donors (Lipinski definition) is 3. The highest BCUT2D eigenvalue weighted by atomic mass is 32.2. The molecule has 250 valence electrons. The molecule has 0 bridgehead atoms. The number of amides is 2. The van der Waals surface area contributed by atoms with E-state index in [0.717, 1.165) is 21.6 Å². The van der Waals surface area contributed by atoms with E-state index in [1.165, 1.54) is 37.1 Å². The molecule has 6 rings (SSSR count). The van der Waals surface area contributed by atoms with Crippen molar-refractivity contribution < 1.29 is 33.9 Å². The third kappa shape index (κ3) is 6.52. The van der Waals surface area contributed by atoms with Crippen LogP contribution in [0.15, 0.2) is 113 Å². The number of esters is 1. The number of aromatic nitrogens is 1. The Labute approximate surface area is 289 Å². The normalized spacial score (nSPS) is 17.5. The van der Waals surface area contributed by atoms with Crippen LogP contribution in [0.1, 0.15) is 29.3 Å². The lowest BCUT2D eigenvalue weighted by Crippen LogP contribution is -2.71. The molecule has 2 atom stereocenters. The Morgan fingerprint density at radius 2 is 1.55 bits per heavy atom. The number of carbonyl (C=O) groups is 4. The third-order valence-corrected chi connectivity index (χ3v) is 10.1. The molecular weight excluding hydrogens is 667 g/mol. The van der Waals surface area contributed by atoms with Gasteiger partial charge in [-0.15, -0.1) is 23.1 Å². The second-order valence-corrected chi connectivity index (χ2v) is 13.0. The number of nitrogens with zero attached hydrogens (tertiary/aromatic N) is 3. The van der Waals surface area contributed by atoms with Crippen LogP contribution in [0.25, 0.3) is 0 Å². The molecule has 0 radical (unpaired) electrons. The Hall–Kier alpha value is -5.47. The predicted octanol–water partition coefficient (Wildman–Crippen LogP) is 4.20. The number of aliphatic carboxylic acids is 1. The molecular formula is C35H31N5O7S2. The van der Waals surface area contributed by atoms with Crippen LogP contribution in [0.3, 0.4) is 0 Å². The molecule has 2 aliphatic heterocycles. The lowest BCUT2D eigenvalue weighted by atomic mass is 9.77. The number of carboxylic acids is 1. The van der Waals surface area contributed by atoms with Gasteiger partial charge in [-0.2, -0.15) is 0 Å². The molecule has 0 saturated carbocycles. The van der Waals surface area contributed by atoms with Gasteiger partial charge in [-0.25, -0.2) is 9.78 Å². The number of carboxylic acid groups (broad SMARTS) is 1. The molecule has 12 nitrogen and oxygen atoms in total. The number of nitrogens with one attached hydrogen (secondary N) is 2. The maximum absolute atomic E-state index is 13.6. The van der Waals surface area contributed by atoms with E-state index in [4.69, 9.17) is 14.6 Å². The summed E-state index contributed by atoms with van der Waals surface area (Å²) in [5.74, 6) is -3.03. The predicted molar refractivity (Wildman–Crippen MR) is 185 cm³/mol. The first-order valence-corrected chi connectivity index (χ1v) is 17.0. The van der Waals surface area contributed by atoms with E-state index in [2.05, 4.69) is 15.8 Å². The minimum Gasteiger partial charge on any atom is -0.477 e. The standard InChI is InChI=1S/C35H31N5O7S2/c1-21(41)47-18-22-19-48-32-28(31(43)40(32)29(22)33(44)45)37-30(42)27(39-46-2)26-20-49-34(36-26)38-35(23-12-6-3-7-13-23,24-14-8-4-9-15-24)25-16-10-5-11-17-25/h3-17,20,28,32H,18-19H2,1-2H3,(H,36,38)(H,37,42)(H,44,45)/b39-27+/t28-,32-/m1/s1. The second-order valence-electron chi connectivity index (χ2n) is 11.0. The van der Waals surface area contributed by atoms with E-state index in [9.17, 15) is 24.3 Å². The fraction of sp³-hybridized carbons (Fsp3) is 0.200. The average Bonchev–Trinajstić information content (AvgIpc) is 3.59. The van der Waals surface area contributed by atoms with Crippen LogP contribution < -0.4 is 10.6 Å². The van der Waals surface area contributed by atoms with Gasteiger partial charge in [0.1, 0.15) is 42.1 Å². The molecule has 3 N–H and O–H groups in total. The number of rotatable bonds is 12. The molecule has 49 heavy (non-hydrogen) atoms. The minimum atomic E-state index is -1.33. The maximum atomic E-state index is 13.6. The minimum absolute atomic E-state index is 0.159. The van der Waals surface area contributed by atoms with Crippen molar-refractivity contribution in [2.45, 2.75) is 23.9 Å². The summed E-state index contributed by atoms with van der Waals surface area (Å²) >= 11 is 2.53. The molecule has 2 amide bonds. The van der Waals surface area contributed by atoms with E-state index in [-0.39, 0.29) is 29.5 Å². The van der Waals surface area contributed by atoms with Gasteiger partial charge < -0.3 is 25.3 Å². The van der Waals surface area contributed by atoms with E-state index in [0.29, 0.717) is 10.7 Å². The summed E-state index contributed by atoms with van der Waals surface area (Å²) in [6, 6.07) is 28.9. The zero-order valence-electron chi connectivity index (χ0n) is 26.4. The number of carbonyl (C=O) groups excluding carboxylic acids is 3. The Kier molecular flexibility index (Phi) is 9.78. The first-order valence-electron chi connectivity index (χ1n) is 15.1. The molecule has 4 aromatic rings. The quantitative estimate of drug-likeness (QED) is 0.0644. The second kappa shape index (κ2) is 14.3. The molecule has 14 heteroatoms.